The van der Waals surface area contributed by atoms with Crippen LogP contribution in [0, 0.1) is 5.82 Å². The Hall–Kier alpha value is -2.12. The van der Waals surface area contributed by atoms with Crippen molar-refractivity contribution in [1.82, 2.24) is 0 Å². The van der Waals surface area contributed by atoms with Gasteiger partial charge in [-0.25, -0.2) is 9.18 Å². The van der Waals surface area contributed by atoms with Gasteiger partial charge >= 0.3 is 16.1 Å². The Labute approximate surface area is 131 Å². The fraction of sp³-hybridized carbons (Fsp3) is 0.0714. The number of ether oxygens (including phenoxy) is 1. The van der Waals surface area contributed by atoms with Crippen LogP contribution in [0.15, 0.2) is 47.4 Å². The second-order valence-electron chi connectivity index (χ2n) is 4.10. The maximum absolute atomic E-state index is 13.5. The van der Waals surface area contributed by atoms with Gasteiger partial charge in [-0.2, -0.15) is 8.42 Å². The van der Waals surface area contributed by atoms with Gasteiger partial charge in [-0.05, 0) is 30.3 Å². The quantitative estimate of drug-likeness (QED) is 0.630. The van der Waals surface area contributed by atoms with Crippen molar-refractivity contribution in [3.8, 4) is 5.75 Å². The highest BCUT2D eigenvalue weighted by molar-refractivity contribution is 7.87. The van der Waals surface area contributed by atoms with Crippen LogP contribution < -0.4 is 4.18 Å². The average Bonchev–Trinajstić information content (AvgIpc) is 2.48. The molecule has 0 N–H and O–H groups in total. The molecule has 0 saturated carbocycles. The van der Waals surface area contributed by atoms with E-state index in [2.05, 4.69) is 4.74 Å². The van der Waals surface area contributed by atoms with E-state index in [-0.39, 0.29) is 15.5 Å². The maximum atomic E-state index is 13.5. The van der Waals surface area contributed by atoms with Crippen molar-refractivity contribution in [2.24, 2.45) is 0 Å². The molecule has 0 aliphatic rings. The largest absolute Gasteiger partial charge is 0.465 e. The highest BCUT2D eigenvalue weighted by atomic mass is 35.5. The molecule has 8 heteroatoms. The summed E-state index contributed by atoms with van der Waals surface area (Å²) in [7, 11) is -3.16. The molecule has 0 spiro atoms. The summed E-state index contributed by atoms with van der Waals surface area (Å²) in [4.78, 5) is 11.0. The Bertz CT molecular complexity index is 820. The number of halogens is 2. The van der Waals surface area contributed by atoms with E-state index in [4.69, 9.17) is 15.8 Å². The number of methoxy groups -OCH3 is 1. The molecule has 2 aromatic rings. The number of carbonyl (C=O) groups is 1. The van der Waals surface area contributed by atoms with Crippen molar-refractivity contribution in [1.29, 1.82) is 0 Å². The van der Waals surface area contributed by atoms with Crippen molar-refractivity contribution in [2.45, 2.75) is 4.90 Å². The first-order chi connectivity index (χ1) is 10.3. The van der Waals surface area contributed by atoms with Gasteiger partial charge in [0.1, 0.15) is 4.90 Å². The average molecular weight is 345 g/mol. The Morgan fingerprint density at radius 3 is 2.45 bits per heavy atom. The molecule has 0 aliphatic heterocycles. The zero-order chi connectivity index (χ0) is 16.3. The standard InChI is InChI=1S/C14H10ClFO5S/c1-20-14(17)9-6-7-13(10(15)8-9)22(18,19)21-12-5-3-2-4-11(12)16/h2-8H,1H3. The molecule has 116 valence electrons. The fourth-order valence-corrected chi connectivity index (χ4v) is 3.08. The van der Waals surface area contributed by atoms with Gasteiger partial charge in [0.05, 0.1) is 17.7 Å². The molecule has 0 atom stereocenters. The van der Waals surface area contributed by atoms with Gasteiger partial charge in [0.15, 0.2) is 11.6 Å². The Kier molecular flexibility index (Phi) is 4.68. The minimum absolute atomic E-state index is 0.0809. The normalized spacial score (nSPS) is 11.0. The van der Waals surface area contributed by atoms with E-state index in [9.17, 15) is 17.6 Å². The molecule has 0 heterocycles. The number of carbonyl (C=O) groups excluding carboxylic acids is 1. The number of para-hydroxylation sites is 1. The molecule has 0 bridgehead atoms. The molecule has 0 saturated heterocycles. The minimum atomic E-state index is -4.34. The van der Waals surface area contributed by atoms with Crippen LogP contribution in [0.1, 0.15) is 10.4 Å². The molecular weight excluding hydrogens is 335 g/mol. The number of hydrogen-bond acceptors (Lipinski definition) is 5. The van der Waals surface area contributed by atoms with E-state index in [0.717, 1.165) is 18.2 Å². The first kappa shape index (κ1) is 16.3. The van der Waals surface area contributed by atoms with Gasteiger partial charge in [-0.3, -0.25) is 0 Å². The van der Waals surface area contributed by atoms with Crippen molar-refractivity contribution < 1.29 is 26.5 Å². The lowest BCUT2D eigenvalue weighted by molar-refractivity contribution is 0.0600. The number of hydrogen-bond donors (Lipinski definition) is 0. The maximum Gasteiger partial charge on any atom is 0.340 e. The summed E-state index contributed by atoms with van der Waals surface area (Å²) < 4.78 is 47.0. The second-order valence-corrected chi connectivity index (χ2v) is 6.03. The third-order valence-corrected chi connectivity index (χ3v) is 4.38. The molecular formula is C14H10ClFO5S. The molecule has 2 rings (SSSR count). The molecule has 0 aliphatic carbocycles. The summed E-state index contributed by atoms with van der Waals surface area (Å²) in [5.74, 6) is -1.94. The zero-order valence-corrected chi connectivity index (χ0v) is 12.8. The highest BCUT2D eigenvalue weighted by Crippen LogP contribution is 2.27. The molecule has 5 nitrogen and oxygen atoms in total. The predicted molar refractivity (Wildman–Crippen MR) is 77.0 cm³/mol. The van der Waals surface area contributed by atoms with Crippen LogP contribution in [0.3, 0.4) is 0 Å². The monoisotopic (exact) mass is 344 g/mol. The van der Waals surface area contributed by atoms with E-state index in [1.54, 1.807) is 0 Å². The van der Waals surface area contributed by atoms with Crippen molar-refractivity contribution >= 4 is 27.7 Å². The molecule has 0 aromatic heterocycles. The summed E-state index contributed by atoms with van der Waals surface area (Å²) in [6, 6.07) is 8.49. The number of rotatable bonds is 4. The first-order valence-corrected chi connectivity index (χ1v) is 7.70. The molecule has 0 fully saturated rings. The van der Waals surface area contributed by atoms with Crippen LogP contribution in [0.5, 0.6) is 5.75 Å². The lowest BCUT2D eigenvalue weighted by Crippen LogP contribution is -2.12. The smallest absolute Gasteiger partial charge is 0.340 e. The van der Waals surface area contributed by atoms with Crippen LogP contribution in [0.4, 0.5) is 4.39 Å². The summed E-state index contributed by atoms with van der Waals surface area (Å²) in [5, 5.41) is -0.237. The van der Waals surface area contributed by atoms with Gasteiger partial charge in [-0.1, -0.05) is 23.7 Å². The molecule has 22 heavy (non-hydrogen) atoms. The first-order valence-electron chi connectivity index (χ1n) is 5.92. The number of benzene rings is 2. The van der Waals surface area contributed by atoms with Crippen LogP contribution in [0.25, 0.3) is 0 Å². The van der Waals surface area contributed by atoms with Gasteiger partial charge in [0.25, 0.3) is 0 Å². The van der Waals surface area contributed by atoms with Gasteiger partial charge < -0.3 is 8.92 Å². The lowest BCUT2D eigenvalue weighted by Gasteiger charge is -2.09. The number of esters is 1. The topological polar surface area (TPSA) is 69.7 Å². The van der Waals surface area contributed by atoms with Crippen LogP contribution in [0.2, 0.25) is 5.02 Å². The van der Waals surface area contributed by atoms with Gasteiger partial charge in [0, 0.05) is 0 Å². The van der Waals surface area contributed by atoms with E-state index in [0.29, 0.717) is 0 Å². The van der Waals surface area contributed by atoms with Gasteiger partial charge in [-0.15, -0.1) is 0 Å². The van der Waals surface area contributed by atoms with E-state index in [1.807, 2.05) is 0 Å². The lowest BCUT2D eigenvalue weighted by atomic mass is 10.2. The fourth-order valence-electron chi connectivity index (χ4n) is 1.62. The molecule has 0 radical (unpaired) electrons. The second kappa shape index (κ2) is 6.33. The zero-order valence-electron chi connectivity index (χ0n) is 11.2. The van der Waals surface area contributed by atoms with Gasteiger partial charge in [0.2, 0.25) is 0 Å². The third kappa shape index (κ3) is 3.37. The van der Waals surface area contributed by atoms with E-state index >= 15 is 0 Å². The van der Waals surface area contributed by atoms with Crippen molar-refractivity contribution in [3.05, 3.63) is 58.9 Å². The van der Waals surface area contributed by atoms with Crippen molar-refractivity contribution in [2.75, 3.05) is 7.11 Å². The molecule has 2 aromatic carbocycles. The minimum Gasteiger partial charge on any atom is -0.465 e. The summed E-state index contributed by atoms with van der Waals surface area (Å²) in [6.45, 7) is 0. The van der Waals surface area contributed by atoms with E-state index in [1.165, 1.54) is 31.4 Å². The Balaban J connectivity index is 2.38. The Morgan fingerprint density at radius 1 is 1.18 bits per heavy atom. The summed E-state index contributed by atoms with van der Waals surface area (Å²) >= 11 is 5.86. The molecule has 0 unspecified atom stereocenters. The predicted octanol–water partition coefficient (Wildman–Crippen LogP) is 3.03. The summed E-state index contributed by atoms with van der Waals surface area (Å²) in [6.07, 6.45) is 0. The van der Waals surface area contributed by atoms with Crippen LogP contribution >= 0.6 is 11.6 Å². The van der Waals surface area contributed by atoms with Crippen LogP contribution in [-0.4, -0.2) is 21.5 Å². The van der Waals surface area contributed by atoms with Crippen LogP contribution in [-0.2, 0) is 14.9 Å². The SMILES string of the molecule is COC(=O)c1ccc(S(=O)(=O)Oc2ccccc2F)c(Cl)c1. The highest BCUT2D eigenvalue weighted by Gasteiger charge is 2.23. The Morgan fingerprint density at radius 2 is 1.86 bits per heavy atom. The summed E-state index contributed by atoms with van der Waals surface area (Å²) in [5.41, 5.74) is 0.0809. The van der Waals surface area contributed by atoms with Crippen molar-refractivity contribution in [3.63, 3.8) is 0 Å². The molecule has 0 amide bonds. The third-order valence-electron chi connectivity index (χ3n) is 2.66. The van der Waals surface area contributed by atoms with E-state index < -0.39 is 27.7 Å².